The molecular formula is C26H61NO5P2. The summed E-state index contributed by atoms with van der Waals surface area (Å²) in [6.07, 6.45) is 11.2. The van der Waals surface area contributed by atoms with Crippen molar-refractivity contribution in [2.24, 2.45) is 0 Å². The zero-order chi connectivity index (χ0) is 25.7. The molecule has 0 aliphatic carbocycles. The molecule has 0 saturated heterocycles. The van der Waals surface area contributed by atoms with Crippen LogP contribution in [0.15, 0.2) is 0 Å². The first-order valence-corrected chi connectivity index (χ1v) is 18.9. The van der Waals surface area contributed by atoms with Gasteiger partial charge in [-0.15, -0.1) is 0 Å². The van der Waals surface area contributed by atoms with Crippen molar-refractivity contribution in [1.82, 2.24) is 5.06 Å². The summed E-state index contributed by atoms with van der Waals surface area (Å²) < 4.78 is 25.7. The van der Waals surface area contributed by atoms with Gasteiger partial charge in [-0.1, -0.05) is 0 Å². The number of nitrogens with zero attached hydrogens (tertiary/aromatic N) is 1. The van der Waals surface area contributed by atoms with Crippen LogP contribution in [0.5, 0.6) is 0 Å². The van der Waals surface area contributed by atoms with Gasteiger partial charge in [-0.2, -0.15) is 0 Å². The maximum atomic E-state index is 6.43. The first-order chi connectivity index (χ1) is 16.5. The Hall–Kier alpha value is 0.620. The first kappa shape index (κ1) is 34.6. The fourth-order valence-electron chi connectivity index (χ4n) is 4.07. The van der Waals surface area contributed by atoms with E-state index in [0.29, 0.717) is 6.04 Å². The number of hydroxylamine groups is 2. The van der Waals surface area contributed by atoms with Crippen molar-refractivity contribution in [3.8, 4) is 0 Å². The SMILES string of the molecule is CCCON(CC[PH](CC)(OCCC)OCCC)C(CC)CC[PH](CC)(OCCC)OCCC. The van der Waals surface area contributed by atoms with Gasteiger partial charge in [0.2, 0.25) is 0 Å². The van der Waals surface area contributed by atoms with Crippen molar-refractivity contribution in [3.05, 3.63) is 0 Å². The molecular weight excluding hydrogens is 468 g/mol. The average Bonchev–Trinajstić information content (AvgIpc) is 2.87. The van der Waals surface area contributed by atoms with E-state index in [9.17, 15) is 0 Å². The molecule has 34 heavy (non-hydrogen) atoms. The molecule has 0 aromatic carbocycles. The number of hydrogen-bond donors (Lipinski definition) is 0. The van der Waals surface area contributed by atoms with Gasteiger partial charge >= 0.3 is 214 Å². The molecule has 0 spiro atoms. The standard InChI is InChI=1S/C26H61NO5P2/c1-9-19-28-27(18-25-34(16-8,31-22-12-4)32-23-13-5)26(14-6)17-24-33(15-7,29-20-10-2)30-21-11-3/h26,33-34H,9-25H2,1-8H3. The minimum atomic E-state index is -2.24. The second-order valence-corrected chi connectivity index (χ2v) is 16.5. The Balaban J connectivity index is 5.44. The van der Waals surface area contributed by atoms with Crippen LogP contribution in [-0.2, 0) is 22.9 Å². The third-order valence-corrected chi connectivity index (χ3v) is 13.4. The summed E-state index contributed by atoms with van der Waals surface area (Å²) in [6, 6.07) is 0.348. The van der Waals surface area contributed by atoms with Crippen molar-refractivity contribution in [1.29, 1.82) is 0 Å². The molecule has 0 fully saturated rings. The Kier molecular flexibility index (Phi) is 22.1. The van der Waals surface area contributed by atoms with E-state index in [-0.39, 0.29) is 0 Å². The van der Waals surface area contributed by atoms with Crippen molar-refractivity contribution < 1.29 is 22.9 Å². The van der Waals surface area contributed by atoms with Crippen LogP contribution in [0, 0.1) is 0 Å². The molecule has 0 heterocycles. The summed E-state index contributed by atoms with van der Waals surface area (Å²) >= 11 is 0. The fourth-order valence-corrected chi connectivity index (χ4v) is 9.97. The third-order valence-electron chi connectivity index (χ3n) is 6.27. The van der Waals surface area contributed by atoms with Crippen LogP contribution in [0.3, 0.4) is 0 Å². The molecule has 0 saturated carbocycles. The summed E-state index contributed by atoms with van der Waals surface area (Å²) in [5, 5.41) is 2.25. The summed E-state index contributed by atoms with van der Waals surface area (Å²) in [4.78, 5) is 6.33. The predicted molar refractivity (Wildman–Crippen MR) is 154 cm³/mol. The monoisotopic (exact) mass is 529 g/mol. The fraction of sp³-hybridized carbons (Fsp3) is 1.00. The number of hydrogen-bond acceptors (Lipinski definition) is 6. The van der Waals surface area contributed by atoms with E-state index in [1.54, 1.807) is 0 Å². The van der Waals surface area contributed by atoms with Crippen LogP contribution >= 0.6 is 15.4 Å². The molecule has 0 bridgehead atoms. The van der Waals surface area contributed by atoms with Gasteiger partial charge in [0.05, 0.1) is 0 Å². The van der Waals surface area contributed by atoms with Crippen LogP contribution < -0.4 is 0 Å². The minimum absolute atomic E-state index is 0.348. The summed E-state index contributed by atoms with van der Waals surface area (Å²) in [7, 11) is -4.43. The molecule has 210 valence electrons. The molecule has 8 heteroatoms. The molecule has 1 atom stereocenters. The van der Waals surface area contributed by atoms with Crippen LogP contribution in [0.2, 0.25) is 0 Å². The molecule has 0 N–H and O–H groups in total. The molecule has 0 aromatic rings. The van der Waals surface area contributed by atoms with Gasteiger partial charge in [-0.3, -0.25) is 0 Å². The molecule has 0 rings (SSSR count). The van der Waals surface area contributed by atoms with E-state index < -0.39 is 15.4 Å². The second-order valence-electron chi connectivity index (χ2n) is 9.25. The molecule has 0 aliphatic heterocycles. The Bertz CT molecular complexity index is 443. The topological polar surface area (TPSA) is 49.4 Å². The van der Waals surface area contributed by atoms with Crippen molar-refractivity contribution in [2.75, 3.05) is 64.2 Å². The average molecular weight is 530 g/mol. The zero-order valence-corrected chi connectivity index (χ0v) is 26.1. The summed E-state index contributed by atoms with van der Waals surface area (Å²) in [5.41, 5.74) is 0. The zero-order valence-electron chi connectivity index (χ0n) is 24.1. The van der Waals surface area contributed by atoms with Crippen LogP contribution in [0.1, 0.15) is 100 Å². The molecule has 0 aliphatic rings. The van der Waals surface area contributed by atoms with Crippen LogP contribution in [0.4, 0.5) is 0 Å². The number of rotatable bonds is 25. The van der Waals surface area contributed by atoms with Gasteiger partial charge in [0.1, 0.15) is 0 Å². The van der Waals surface area contributed by atoms with Gasteiger partial charge in [0.25, 0.3) is 0 Å². The predicted octanol–water partition coefficient (Wildman–Crippen LogP) is 7.70. The van der Waals surface area contributed by atoms with Gasteiger partial charge in [0.15, 0.2) is 0 Å². The quantitative estimate of drug-likeness (QED) is 0.0892. The first-order valence-electron chi connectivity index (χ1n) is 14.4. The molecule has 6 nitrogen and oxygen atoms in total. The Morgan fingerprint density at radius 3 is 1.32 bits per heavy atom. The second kappa shape index (κ2) is 21.7. The van der Waals surface area contributed by atoms with E-state index in [2.05, 4.69) is 60.5 Å². The van der Waals surface area contributed by atoms with Gasteiger partial charge in [-0.25, -0.2) is 0 Å². The van der Waals surface area contributed by atoms with E-state index >= 15 is 0 Å². The Morgan fingerprint density at radius 2 is 0.971 bits per heavy atom. The van der Waals surface area contributed by atoms with Crippen molar-refractivity contribution in [3.63, 3.8) is 0 Å². The molecule has 0 radical (unpaired) electrons. The molecule has 0 amide bonds. The van der Waals surface area contributed by atoms with E-state index in [1.807, 2.05) is 0 Å². The van der Waals surface area contributed by atoms with Crippen molar-refractivity contribution >= 4 is 15.4 Å². The van der Waals surface area contributed by atoms with Crippen LogP contribution in [0.25, 0.3) is 0 Å². The normalized spacial score (nSPS) is 14.6. The summed E-state index contributed by atoms with van der Waals surface area (Å²) in [6.45, 7) is 22.4. The summed E-state index contributed by atoms with van der Waals surface area (Å²) in [5.74, 6) is 0. The van der Waals surface area contributed by atoms with Crippen LogP contribution in [-0.4, -0.2) is 75.3 Å². The van der Waals surface area contributed by atoms with E-state index in [0.717, 1.165) is 109 Å². The van der Waals surface area contributed by atoms with Gasteiger partial charge in [0, 0.05) is 0 Å². The van der Waals surface area contributed by atoms with E-state index in [1.165, 1.54) is 0 Å². The Labute approximate surface area is 214 Å². The van der Waals surface area contributed by atoms with Gasteiger partial charge < -0.3 is 0 Å². The van der Waals surface area contributed by atoms with E-state index in [4.69, 9.17) is 22.9 Å². The third kappa shape index (κ3) is 13.8. The molecule has 0 aromatic heterocycles. The van der Waals surface area contributed by atoms with Crippen molar-refractivity contribution in [2.45, 2.75) is 106 Å². The Morgan fingerprint density at radius 1 is 0.559 bits per heavy atom. The molecule has 1 unspecified atom stereocenters. The maximum absolute atomic E-state index is 6.43. The van der Waals surface area contributed by atoms with Gasteiger partial charge in [-0.05, 0) is 0 Å².